The van der Waals surface area contributed by atoms with Crippen LogP contribution in [-0.2, 0) is 10.0 Å². The second-order valence-electron chi connectivity index (χ2n) is 6.87. The van der Waals surface area contributed by atoms with Gasteiger partial charge in [-0.25, -0.2) is 8.42 Å². The van der Waals surface area contributed by atoms with Crippen LogP contribution >= 0.6 is 11.3 Å². The van der Waals surface area contributed by atoms with E-state index in [4.69, 9.17) is 0 Å². The molecule has 2 aliphatic carbocycles. The number of hydrogen-bond donors (Lipinski definition) is 2. The first-order valence-corrected chi connectivity index (χ1v) is 10.8. The number of hydrogen-bond acceptors (Lipinski definition) is 4. The number of amides is 1. The molecular weight excluding hydrogens is 356 g/mol. The molecule has 4 rings (SSSR count). The predicted octanol–water partition coefficient (Wildman–Crippen LogP) is 3.47. The summed E-state index contributed by atoms with van der Waals surface area (Å²) in [5, 5.41) is 4.86. The summed E-state index contributed by atoms with van der Waals surface area (Å²) in [6, 6.07) is 10.1. The molecule has 25 heavy (non-hydrogen) atoms. The molecular formula is C18H20N2O3S2. The molecule has 1 heterocycles. The van der Waals surface area contributed by atoms with Crippen molar-refractivity contribution in [3.05, 3.63) is 47.3 Å². The number of carbonyl (C=O) groups is 1. The number of thiophene rings is 1. The summed E-state index contributed by atoms with van der Waals surface area (Å²) in [4.78, 5) is 12.4. The second kappa shape index (κ2) is 6.46. The summed E-state index contributed by atoms with van der Waals surface area (Å²) in [5.41, 5.74) is 1.01. The second-order valence-corrected chi connectivity index (χ2v) is 9.73. The molecule has 3 atom stereocenters. The van der Waals surface area contributed by atoms with E-state index >= 15 is 0 Å². The Hall–Kier alpha value is -1.86. The van der Waals surface area contributed by atoms with Gasteiger partial charge in [0.2, 0.25) is 0 Å². The van der Waals surface area contributed by atoms with Crippen LogP contribution in [0.4, 0.5) is 5.69 Å². The number of sulfonamides is 1. The maximum Gasteiger partial charge on any atom is 0.271 e. The van der Waals surface area contributed by atoms with Crippen LogP contribution < -0.4 is 10.0 Å². The molecule has 5 nitrogen and oxygen atoms in total. The van der Waals surface area contributed by atoms with Crippen LogP contribution in [0.3, 0.4) is 0 Å². The maximum absolute atomic E-state index is 12.4. The van der Waals surface area contributed by atoms with Crippen LogP contribution in [0, 0.1) is 11.8 Å². The Morgan fingerprint density at radius 1 is 1.08 bits per heavy atom. The highest BCUT2D eigenvalue weighted by molar-refractivity contribution is 7.94. The first-order chi connectivity index (χ1) is 12.0. The van der Waals surface area contributed by atoms with E-state index < -0.39 is 10.0 Å². The lowest BCUT2D eigenvalue weighted by Gasteiger charge is -2.22. The fourth-order valence-electron chi connectivity index (χ4n) is 3.98. The third-order valence-electron chi connectivity index (χ3n) is 5.21. The predicted molar refractivity (Wildman–Crippen MR) is 98.3 cm³/mol. The third-order valence-corrected chi connectivity index (χ3v) is 7.99. The van der Waals surface area contributed by atoms with E-state index in [1.54, 1.807) is 41.8 Å². The van der Waals surface area contributed by atoms with Crippen molar-refractivity contribution in [2.75, 3.05) is 4.72 Å². The van der Waals surface area contributed by atoms with E-state index in [2.05, 4.69) is 10.0 Å². The number of carbonyl (C=O) groups excluding carboxylic acids is 1. The Balaban J connectivity index is 1.41. The molecule has 2 aromatic rings. The first kappa shape index (κ1) is 16.6. The minimum absolute atomic E-state index is 0.0785. The standard InChI is InChI=1S/C18H20N2O3S2/c21-18(19-16-11-12-3-4-14(16)10-12)13-5-7-15(8-6-13)20-25(22,23)17-2-1-9-24-17/h1-2,5-9,12,14,16,20H,3-4,10-11H2,(H,19,21)/t12?,14?,16-/m1/s1. The van der Waals surface area contributed by atoms with Gasteiger partial charge in [0.1, 0.15) is 4.21 Å². The largest absolute Gasteiger partial charge is 0.349 e. The molecule has 7 heteroatoms. The van der Waals surface area contributed by atoms with Crippen LogP contribution in [0.15, 0.2) is 46.0 Å². The molecule has 132 valence electrons. The molecule has 1 amide bonds. The monoisotopic (exact) mass is 376 g/mol. The molecule has 2 unspecified atom stereocenters. The van der Waals surface area contributed by atoms with Crippen molar-refractivity contribution in [1.82, 2.24) is 5.32 Å². The number of rotatable bonds is 5. The van der Waals surface area contributed by atoms with Crippen LogP contribution in [0.1, 0.15) is 36.0 Å². The molecule has 2 saturated carbocycles. The van der Waals surface area contributed by atoms with Gasteiger partial charge in [0.15, 0.2) is 0 Å². The average Bonchev–Trinajstić information content (AvgIpc) is 3.33. The summed E-state index contributed by atoms with van der Waals surface area (Å²) < 4.78 is 27.2. The molecule has 2 aliphatic rings. The summed E-state index contributed by atoms with van der Waals surface area (Å²) in [5.74, 6) is 1.33. The molecule has 1 aromatic heterocycles. The summed E-state index contributed by atoms with van der Waals surface area (Å²) in [6.45, 7) is 0. The lowest BCUT2D eigenvalue weighted by Crippen LogP contribution is -2.38. The van der Waals surface area contributed by atoms with E-state index in [-0.39, 0.29) is 10.1 Å². The topological polar surface area (TPSA) is 75.3 Å². The highest BCUT2D eigenvalue weighted by atomic mass is 32.2. The Kier molecular flexibility index (Phi) is 4.29. The van der Waals surface area contributed by atoms with Crippen LogP contribution in [0.25, 0.3) is 0 Å². The van der Waals surface area contributed by atoms with Gasteiger partial charge in [-0.3, -0.25) is 9.52 Å². The van der Waals surface area contributed by atoms with Gasteiger partial charge in [-0.1, -0.05) is 12.5 Å². The van der Waals surface area contributed by atoms with Gasteiger partial charge in [-0.05, 0) is 66.8 Å². The molecule has 2 fully saturated rings. The zero-order valence-corrected chi connectivity index (χ0v) is 15.3. The lowest BCUT2D eigenvalue weighted by molar-refractivity contribution is 0.0923. The summed E-state index contributed by atoms with van der Waals surface area (Å²) in [7, 11) is -3.56. The highest BCUT2D eigenvalue weighted by Crippen LogP contribution is 2.44. The van der Waals surface area contributed by atoms with Crippen molar-refractivity contribution in [3.8, 4) is 0 Å². The average molecular weight is 377 g/mol. The number of anilines is 1. The van der Waals surface area contributed by atoms with Gasteiger partial charge < -0.3 is 5.32 Å². The van der Waals surface area contributed by atoms with Crippen LogP contribution in [0.5, 0.6) is 0 Å². The number of nitrogens with one attached hydrogen (secondary N) is 2. The summed E-state index contributed by atoms with van der Waals surface area (Å²) in [6.07, 6.45) is 4.86. The van der Waals surface area contributed by atoms with Crippen LogP contribution in [-0.4, -0.2) is 20.4 Å². The molecule has 0 aliphatic heterocycles. The van der Waals surface area contributed by atoms with Gasteiger partial charge >= 0.3 is 0 Å². The van der Waals surface area contributed by atoms with Crippen molar-refractivity contribution in [2.45, 2.75) is 35.9 Å². The lowest BCUT2D eigenvalue weighted by atomic mass is 9.95. The van der Waals surface area contributed by atoms with Crippen molar-refractivity contribution in [3.63, 3.8) is 0 Å². The molecule has 2 N–H and O–H groups in total. The Morgan fingerprint density at radius 2 is 1.88 bits per heavy atom. The van der Waals surface area contributed by atoms with E-state index in [0.29, 0.717) is 23.2 Å². The normalized spacial score (nSPS) is 25.0. The van der Waals surface area contributed by atoms with E-state index in [1.165, 1.54) is 30.6 Å². The maximum atomic E-state index is 12.4. The van der Waals surface area contributed by atoms with E-state index in [1.807, 2.05) is 0 Å². The van der Waals surface area contributed by atoms with Crippen molar-refractivity contribution >= 4 is 33.0 Å². The zero-order chi connectivity index (χ0) is 17.4. The van der Waals surface area contributed by atoms with Crippen LogP contribution in [0.2, 0.25) is 0 Å². The minimum atomic E-state index is -3.56. The number of fused-ring (bicyclic) bond motifs is 2. The highest BCUT2D eigenvalue weighted by Gasteiger charge is 2.40. The van der Waals surface area contributed by atoms with E-state index in [9.17, 15) is 13.2 Å². The molecule has 1 aromatic carbocycles. The molecule has 0 radical (unpaired) electrons. The third kappa shape index (κ3) is 3.43. The summed E-state index contributed by atoms with van der Waals surface area (Å²) >= 11 is 1.17. The van der Waals surface area contributed by atoms with Gasteiger partial charge in [0, 0.05) is 17.3 Å². The zero-order valence-electron chi connectivity index (χ0n) is 13.6. The Bertz CT molecular complexity index is 860. The number of benzene rings is 1. The van der Waals surface area contributed by atoms with Crippen molar-refractivity contribution in [2.24, 2.45) is 11.8 Å². The van der Waals surface area contributed by atoms with Gasteiger partial charge in [0.25, 0.3) is 15.9 Å². The van der Waals surface area contributed by atoms with Gasteiger partial charge in [0.05, 0.1) is 0 Å². The Morgan fingerprint density at radius 3 is 2.48 bits per heavy atom. The molecule has 0 spiro atoms. The minimum Gasteiger partial charge on any atom is -0.349 e. The quantitative estimate of drug-likeness (QED) is 0.839. The van der Waals surface area contributed by atoms with Gasteiger partial charge in [-0.2, -0.15) is 0 Å². The van der Waals surface area contributed by atoms with Crippen molar-refractivity contribution < 1.29 is 13.2 Å². The Labute approximate surface area is 151 Å². The van der Waals surface area contributed by atoms with E-state index in [0.717, 1.165) is 12.3 Å². The van der Waals surface area contributed by atoms with Gasteiger partial charge in [-0.15, -0.1) is 11.3 Å². The fourth-order valence-corrected chi connectivity index (χ4v) is 6.04. The molecule has 0 saturated heterocycles. The SMILES string of the molecule is O=C(N[C@@H]1CC2CCC1C2)c1ccc(NS(=O)(=O)c2cccs2)cc1. The van der Waals surface area contributed by atoms with Crippen molar-refractivity contribution in [1.29, 1.82) is 0 Å². The molecule has 2 bridgehead atoms. The first-order valence-electron chi connectivity index (χ1n) is 8.48. The smallest absolute Gasteiger partial charge is 0.271 e. The fraction of sp³-hybridized carbons (Fsp3) is 0.389.